The molecule has 0 bridgehead atoms. The average molecular weight is 416 g/mol. The fourth-order valence-corrected chi connectivity index (χ4v) is 4.48. The molecule has 10 heteroatoms. The molecule has 2 amide bonds. The molecule has 1 aromatic heterocycles. The van der Waals surface area contributed by atoms with Crippen LogP contribution in [-0.2, 0) is 14.8 Å². The number of rotatable bonds is 6. The number of carbonyl (C=O) groups is 2. The number of sulfonamides is 1. The first-order chi connectivity index (χ1) is 12.2. The topological polar surface area (TPSA) is 104 Å². The van der Waals surface area contributed by atoms with Crippen molar-refractivity contribution < 1.29 is 18.0 Å². The van der Waals surface area contributed by atoms with E-state index in [-0.39, 0.29) is 10.1 Å². The molecule has 26 heavy (non-hydrogen) atoms. The predicted octanol–water partition coefficient (Wildman–Crippen LogP) is 2.17. The Morgan fingerprint density at radius 3 is 2.27 bits per heavy atom. The number of halogens is 1. The average Bonchev–Trinajstić information content (AvgIpc) is 3.13. The molecule has 3 N–H and O–H groups in total. The summed E-state index contributed by atoms with van der Waals surface area (Å²) in [6.07, 6.45) is 0. The summed E-state index contributed by atoms with van der Waals surface area (Å²) in [6, 6.07) is 8.11. The zero-order valence-corrected chi connectivity index (χ0v) is 16.4. The lowest BCUT2D eigenvalue weighted by molar-refractivity contribution is -0.124. The Kier molecular flexibility index (Phi) is 6.76. The van der Waals surface area contributed by atoms with E-state index in [4.69, 9.17) is 11.6 Å². The van der Waals surface area contributed by atoms with E-state index in [1.54, 1.807) is 37.4 Å². The van der Waals surface area contributed by atoms with Gasteiger partial charge in [0.05, 0.1) is 0 Å². The van der Waals surface area contributed by atoms with Crippen LogP contribution >= 0.6 is 22.9 Å². The molecule has 0 fully saturated rings. The second-order valence-corrected chi connectivity index (χ2v) is 9.05. The summed E-state index contributed by atoms with van der Waals surface area (Å²) < 4.78 is 27.1. The number of hydrazine groups is 1. The molecule has 2 aromatic rings. The third-order valence-electron chi connectivity index (χ3n) is 3.40. The van der Waals surface area contributed by atoms with Crippen molar-refractivity contribution in [3.63, 3.8) is 0 Å². The highest BCUT2D eigenvalue weighted by atomic mass is 35.5. The second-order valence-electron chi connectivity index (χ2n) is 5.73. The first-order valence-electron chi connectivity index (χ1n) is 7.62. The molecule has 0 aliphatic rings. The molecule has 0 saturated heterocycles. The van der Waals surface area contributed by atoms with Crippen LogP contribution < -0.4 is 15.6 Å². The quantitative estimate of drug-likeness (QED) is 0.629. The van der Waals surface area contributed by atoms with Gasteiger partial charge < -0.3 is 0 Å². The molecule has 0 unspecified atom stereocenters. The van der Waals surface area contributed by atoms with Crippen molar-refractivity contribution in [2.75, 3.05) is 0 Å². The Morgan fingerprint density at radius 2 is 1.73 bits per heavy atom. The number of carbonyl (C=O) groups excluding carboxylic acids is 2. The maximum absolute atomic E-state index is 12.4. The van der Waals surface area contributed by atoms with E-state index >= 15 is 0 Å². The monoisotopic (exact) mass is 415 g/mol. The van der Waals surface area contributed by atoms with Crippen LogP contribution in [0.25, 0.3) is 0 Å². The third kappa shape index (κ3) is 5.28. The van der Waals surface area contributed by atoms with E-state index < -0.39 is 27.9 Å². The van der Waals surface area contributed by atoms with E-state index in [1.807, 2.05) is 0 Å². The smallest absolute Gasteiger partial charge is 0.269 e. The minimum Gasteiger partial charge on any atom is -0.271 e. The van der Waals surface area contributed by atoms with Gasteiger partial charge in [-0.15, -0.1) is 11.3 Å². The summed E-state index contributed by atoms with van der Waals surface area (Å²) in [5.41, 5.74) is 4.81. The van der Waals surface area contributed by atoms with Gasteiger partial charge in [0.25, 0.3) is 21.8 Å². The van der Waals surface area contributed by atoms with Gasteiger partial charge in [-0.2, -0.15) is 4.72 Å². The van der Waals surface area contributed by atoms with Gasteiger partial charge in [0.2, 0.25) is 0 Å². The van der Waals surface area contributed by atoms with Crippen LogP contribution in [0.15, 0.2) is 46.0 Å². The summed E-state index contributed by atoms with van der Waals surface area (Å²) in [6.45, 7) is 3.39. The number of thiophene rings is 1. The molecule has 0 aliphatic carbocycles. The second kappa shape index (κ2) is 8.63. The maximum atomic E-state index is 12.4. The minimum atomic E-state index is -3.82. The van der Waals surface area contributed by atoms with Crippen LogP contribution in [0.1, 0.15) is 24.2 Å². The Balaban J connectivity index is 2.02. The minimum absolute atomic E-state index is 0.112. The number of benzene rings is 1. The highest BCUT2D eigenvalue weighted by Crippen LogP contribution is 2.17. The van der Waals surface area contributed by atoms with Crippen LogP contribution in [-0.4, -0.2) is 26.3 Å². The van der Waals surface area contributed by atoms with Crippen molar-refractivity contribution in [1.29, 1.82) is 0 Å². The predicted molar refractivity (Wildman–Crippen MR) is 100 cm³/mol. The van der Waals surface area contributed by atoms with E-state index in [1.165, 1.54) is 18.2 Å². The van der Waals surface area contributed by atoms with E-state index in [2.05, 4.69) is 15.6 Å². The normalized spacial score (nSPS) is 12.6. The molecule has 1 atom stereocenters. The molecule has 0 radical (unpaired) electrons. The Bertz CT molecular complexity index is 865. The summed E-state index contributed by atoms with van der Waals surface area (Å²) >= 11 is 6.81. The van der Waals surface area contributed by atoms with Crippen molar-refractivity contribution in [2.24, 2.45) is 5.92 Å². The molecule has 7 nitrogen and oxygen atoms in total. The molecular formula is C16H18ClN3O4S2. The van der Waals surface area contributed by atoms with Crippen molar-refractivity contribution in [1.82, 2.24) is 15.6 Å². The Hall–Kier alpha value is -1.94. The van der Waals surface area contributed by atoms with Crippen molar-refractivity contribution in [3.8, 4) is 0 Å². The Labute approximate surface area is 160 Å². The fraction of sp³-hybridized carbons (Fsp3) is 0.250. The number of hydrogen-bond acceptors (Lipinski definition) is 5. The Morgan fingerprint density at radius 1 is 1.08 bits per heavy atom. The number of nitrogens with one attached hydrogen (secondary N) is 3. The molecule has 2 rings (SSSR count). The van der Waals surface area contributed by atoms with E-state index in [9.17, 15) is 18.0 Å². The van der Waals surface area contributed by atoms with Gasteiger partial charge in [-0.3, -0.25) is 20.4 Å². The largest absolute Gasteiger partial charge is 0.271 e. The summed E-state index contributed by atoms with van der Waals surface area (Å²) in [5.74, 6) is -1.54. The molecular weight excluding hydrogens is 398 g/mol. The first kappa shape index (κ1) is 20.4. The van der Waals surface area contributed by atoms with Gasteiger partial charge in [-0.05, 0) is 41.6 Å². The maximum Gasteiger partial charge on any atom is 0.269 e. The zero-order chi connectivity index (χ0) is 19.3. The molecule has 1 aromatic carbocycles. The highest BCUT2D eigenvalue weighted by Gasteiger charge is 2.29. The summed E-state index contributed by atoms with van der Waals surface area (Å²) in [5, 5.41) is 2.11. The highest BCUT2D eigenvalue weighted by molar-refractivity contribution is 7.91. The standard InChI is InChI=1S/C16H18ClN3O4S2/c1-10(2)14(20-26(23,24)13-4-3-9-25-13)16(22)19-18-15(21)11-5-7-12(17)8-6-11/h3-10,14,20H,1-2H3,(H,18,21)(H,19,22)/t14-/m1/s1. The molecule has 0 spiro atoms. The molecule has 0 saturated carbocycles. The fourth-order valence-electron chi connectivity index (χ4n) is 2.00. The summed E-state index contributed by atoms with van der Waals surface area (Å²) in [4.78, 5) is 24.4. The SMILES string of the molecule is CC(C)[C@@H](NS(=O)(=O)c1cccs1)C(=O)NNC(=O)c1ccc(Cl)cc1. The number of hydrogen-bond donors (Lipinski definition) is 3. The lowest BCUT2D eigenvalue weighted by Crippen LogP contribution is -2.54. The van der Waals surface area contributed by atoms with Crippen LogP contribution in [0, 0.1) is 5.92 Å². The molecule has 0 aliphatic heterocycles. The first-order valence-corrected chi connectivity index (χ1v) is 10.4. The van der Waals surface area contributed by atoms with Crippen LogP contribution in [0.3, 0.4) is 0 Å². The van der Waals surface area contributed by atoms with E-state index in [0.29, 0.717) is 10.6 Å². The lowest BCUT2D eigenvalue weighted by Gasteiger charge is -2.21. The number of amides is 2. The van der Waals surface area contributed by atoms with Gasteiger partial charge in [0.1, 0.15) is 10.3 Å². The van der Waals surface area contributed by atoms with E-state index in [0.717, 1.165) is 11.3 Å². The summed E-state index contributed by atoms with van der Waals surface area (Å²) in [7, 11) is -3.82. The molecule has 140 valence electrons. The van der Waals surface area contributed by atoms with Gasteiger partial charge >= 0.3 is 0 Å². The van der Waals surface area contributed by atoms with Crippen molar-refractivity contribution >= 4 is 44.8 Å². The van der Waals surface area contributed by atoms with Gasteiger partial charge in [-0.1, -0.05) is 31.5 Å². The van der Waals surface area contributed by atoms with Crippen molar-refractivity contribution in [2.45, 2.75) is 24.1 Å². The van der Waals surface area contributed by atoms with Gasteiger partial charge in [-0.25, -0.2) is 8.42 Å². The van der Waals surface area contributed by atoms with Crippen molar-refractivity contribution in [3.05, 3.63) is 52.4 Å². The van der Waals surface area contributed by atoms with Crippen LogP contribution in [0.2, 0.25) is 5.02 Å². The van der Waals surface area contributed by atoms with Gasteiger partial charge in [0.15, 0.2) is 0 Å². The third-order valence-corrected chi connectivity index (χ3v) is 6.49. The van der Waals surface area contributed by atoms with Crippen LogP contribution in [0.4, 0.5) is 0 Å². The lowest BCUT2D eigenvalue weighted by atomic mass is 10.1. The molecule has 1 heterocycles. The van der Waals surface area contributed by atoms with Gasteiger partial charge in [0, 0.05) is 10.6 Å². The van der Waals surface area contributed by atoms with Crippen LogP contribution in [0.5, 0.6) is 0 Å². The zero-order valence-electron chi connectivity index (χ0n) is 14.0.